The third-order valence-electron chi connectivity index (χ3n) is 3.82. The van der Waals surface area contributed by atoms with Crippen LogP contribution in [0.15, 0.2) is 47.8 Å². The van der Waals surface area contributed by atoms with Crippen LogP contribution in [0.3, 0.4) is 0 Å². The minimum Gasteiger partial charge on any atom is -0.493 e. The van der Waals surface area contributed by atoms with Gasteiger partial charge < -0.3 is 14.2 Å². The predicted octanol–water partition coefficient (Wildman–Crippen LogP) is 4.49. The van der Waals surface area contributed by atoms with Crippen molar-refractivity contribution in [1.29, 1.82) is 0 Å². The summed E-state index contributed by atoms with van der Waals surface area (Å²) in [4.78, 5) is 16.8. The van der Waals surface area contributed by atoms with Crippen LogP contribution in [0.2, 0.25) is 0 Å². The number of ether oxygens (including phenoxy) is 3. The zero-order valence-corrected chi connectivity index (χ0v) is 15.6. The molecule has 0 aliphatic carbocycles. The van der Waals surface area contributed by atoms with Crippen LogP contribution in [0.4, 0.5) is 0 Å². The summed E-state index contributed by atoms with van der Waals surface area (Å²) in [6.07, 6.45) is 0. The molecule has 0 aliphatic rings. The molecule has 0 atom stereocenters. The van der Waals surface area contributed by atoms with E-state index in [9.17, 15) is 4.79 Å². The van der Waals surface area contributed by atoms with Crippen LogP contribution in [0, 0.1) is 6.92 Å². The first-order valence-corrected chi connectivity index (χ1v) is 8.89. The summed E-state index contributed by atoms with van der Waals surface area (Å²) >= 11 is 1.53. The van der Waals surface area contributed by atoms with E-state index in [0.29, 0.717) is 17.1 Å². The molecule has 1 heterocycles. The van der Waals surface area contributed by atoms with Crippen LogP contribution in [-0.2, 0) is 11.3 Å². The highest BCUT2D eigenvalue weighted by Gasteiger charge is 2.13. The van der Waals surface area contributed by atoms with Crippen molar-refractivity contribution in [2.45, 2.75) is 13.5 Å². The Morgan fingerprint density at radius 3 is 2.46 bits per heavy atom. The standard InChI is InChI=1S/C20H19NO4S/c1-13-4-6-14(7-5-13)19-21-16(12-26-19)11-25-20(22)15-8-9-17(23-2)18(10-15)24-3/h4-10,12H,11H2,1-3H3. The Bertz CT molecular complexity index is 902. The smallest absolute Gasteiger partial charge is 0.338 e. The molecule has 0 saturated carbocycles. The van der Waals surface area contributed by atoms with Crippen molar-refractivity contribution >= 4 is 17.3 Å². The molecule has 0 fully saturated rings. The number of aromatic nitrogens is 1. The molecule has 0 aliphatic heterocycles. The molecule has 0 amide bonds. The molecule has 134 valence electrons. The molecule has 0 spiro atoms. The van der Waals surface area contributed by atoms with Crippen LogP contribution in [0.25, 0.3) is 10.6 Å². The third kappa shape index (κ3) is 4.03. The molecule has 6 heteroatoms. The van der Waals surface area contributed by atoms with Crippen molar-refractivity contribution in [3.8, 4) is 22.1 Å². The Morgan fingerprint density at radius 2 is 1.77 bits per heavy atom. The average Bonchev–Trinajstić information content (AvgIpc) is 3.15. The molecule has 0 N–H and O–H groups in total. The van der Waals surface area contributed by atoms with Gasteiger partial charge >= 0.3 is 5.97 Å². The Hall–Kier alpha value is -2.86. The first-order valence-electron chi connectivity index (χ1n) is 8.01. The average molecular weight is 369 g/mol. The zero-order chi connectivity index (χ0) is 18.5. The lowest BCUT2D eigenvalue weighted by Gasteiger charge is -2.09. The topological polar surface area (TPSA) is 57.7 Å². The summed E-state index contributed by atoms with van der Waals surface area (Å²) in [5.74, 6) is 0.611. The van der Waals surface area contributed by atoms with Crippen LogP contribution in [0.1, 0.15) is 21.6 Å². The third-order valence-corrected chi connectivity index (χ3v) is 4.76. The lowest BCUT2D eigenvalue weighted by Crippen LogP contribution is -2.06. The van der Waals surface area contributed by atoms with Crippen LogP contribution < -0.4 is 9.47 Å². The maximum atomic E-state index is 12.3. The lowest BCUT2D eigenvalue weighted by molar-refractivity contribution is 0.0468. The fraction of sp³-hybridized carbons (Fsp3) is 0.200. The molecule has 0 unspecified atom stereocenters. The number of aryl methyl sites for hydroxylation is 1. The second kappa shape index (κ2) is 8.01. The minimum absolute atomic E-state index is 0.121. The SMILES string of the molecule is COc1ccc(C(=O)OCc2csc(-c3ccc(C)cc3)n2)cc1OC. The number of rotatable bonds is 6. The summed E-state index contributed by atoms with van der Waals surface area (Å²) in [5, 5.41) is 2.80. The zero-order valence-electron chi connectivity index (χ0n) is 14.8. The summed E-state index contributed by atoms with van der Waals surface area (Å²) in [7, 11) is 3.07. The summed E-state index contributed by atoms with van der Waals surface area (Å²) in [6.45, 7) is 2.17. The second-order valence-corrected chi connectivity index (χ2v) is 6.51. The molecule has 1 aromatic heterocycles. The molecule has 3 aromatic rings. The Balaban J connectivity index is 1.66. The quantitative estimate of drug-likeness (QED) is 0.599. The lowest BCUT2D eigenvalue weighted by atomic mass is 10.2. The highest BCUT2D eigenvalue weighted by atomic mass is 32.1. The first kappa shape index (κ1) is 17.9. The second-order valence-electron chi connectivity index (χ2n) is 5.66. The van der Waals surface area contributed by atoms with E-state index in [4.69, 9.17) is 14.2 Å². The van der Waals surface area contributed by atoms with Crippen LogP contribution >= 0.6 is 11.3 Å². The fourth-order valence-corrected chi connectivity index (χ4v) is 3.20. The van der Waals surface area contributed by atoms with E-state index in [2.05, 4.69) is 4.98 Å². The normalized spacial score (nSPS) is 10.4. The number of benzene rings is 2. The number of carbonyl (C=O) groups is 1. The number of nitrogens with zero attached hydrogens (tertiary/aromatic N) is 1. The summed E-state index contributed by atoms with van der Waals surface area (Å²) < 4.78 is 15.7. The first-order chi connectivity index (χ1) is 12.6. The molecular weight excluding hydrogens is 350 g/mol. The van der Waals surface area contributed by atoms with Gasteiger partial charge in [0.15, 0.2) is 11.5 Å². The number of esters is 1. The van der Waals surface area contributed by atoms with E-state index >= 15 is 0 Å². The Labute approximate surface area is 156 Å². The number of carbonyl (C=O) groups excluding carboxylic acids is 1. The van der Waals surface area contributed by atoms with Crippen molar-refractivity contribution in [2.24, 2.45) is 0 Å². The highest BCUT2D eigenvalue weighted by molar-refractivity contribution is 7.13. The van der Waals surface area contributed by atoms with Crippen molar-refractivity contribution in [3.63, 3.8) is 0 Å². The van der Waals surface area contributed by atoms with Gasteiger partial charge in [-0.15, -0.1) is 11.3 Å². The maximum absolute atomic E-state index is 12.3. The van der Waals surface area contributed by atoms with E-state index in [1.165, 1.54) is 24.0 Å². The number of methoxy groups -OCH3 is 2. The van der Waals surface area contributed by atoms with Gasteiger partial charge in [-0.2, -0.15) is 0 Å². The highest BCUT2D eigenvalue weighted by Crippen LogP contribution is 2.28. The van der Waals surface area contributed by atoms with Crippen molar-refractivity contribution in [2.75, 3.05) is 14.2 Å². The van der Waals surface area contributed by atoms with Gasteiger partial charge in [0.25, 0.3) is 0 Å². The van der Waals surface area contributed by atoms with E-state index in [0.717, 1.165) is 16.3 Å². The van der Waals surface area contributed by atoms with E-state index in [1.54, 1.807) is 25.3 Å². The van der Waals surface area contributed by atoms with Crippen molar-refractivity contribution in [3.05, 3.63) is 64.7 Å². The van der Waals surface area contributed by atoms with Crippen molar-refractivity contribution in [1.82, 2.24) is 4.98 Å². The van der Waals surface area contributed by atoms with Gasteiger partial charge in [-0.25, -0.2) is 9.78 Å². The van der Waals surface area contributed by atoms with E-state index in [1.807, 2.05) is 36.6 Å². The van der Waals surface area contributed by atoms with Crippen LogP contribution in [0.5, 0.6) is 11.5 Å². The number of thiazole rings is 1. The molecule has 0 bridgehead atoms. The van der Waals surface area contributed by atoms with Gasteiger partial charge in [-0.3, -0.25) is 0 Å². The van der Waals surface area contributed by atoms with Gasteiger partial charge in [0.2, 0.25) is 0 Å². The molecule has 0 saturated heterocycles. The summed E-state index contributed by atoms with van der Waals surface area (Å²) in [5.41, 5.74) is 3.38. The van der Waals surface area contributed by atoms with Gasteiger partial charge in [-0.05, 0) is 25.1 Å². The number of hydrogen-bond acceptors (Lipinski definition) is 6. The fourth-order valence-electron chi connectivity index (χ4n) is 2.39. The van der Waals surface area contributed by atoms with Crippen LogP contribution in [-0.4, -0.2) is 25.2 Å². The minimum atomic E-state index is -0.434. The molecule has 0 radical (unpaired) electrons. The predicted molar refractivity (Wildman–Crippen MR) is 101 cm³/mol. The summed E-state index contributed by atoms with van der Waals surface area (Å²) in [6, 6.07) is 13.1. The van der Waals surface area contributed by atoms with E-state index < -0.39 is 5.97 Å². The van der Waals surface area contributed by atoms with E-state index in [-0.39, 0.29) is 6.61 Å². The molecule has 2 aromatic carbocycles. The largest absolute Gasteiger partial charge is 0.493 e. The maximum Gasteiger partial charge on any atom is 0.338 e. The molecule has 5 nitrogen and oxygen atoms in total. The Kier molecular flexibility index (Phi) is 5.53. The van der Waals surface area contributed by atoms with Gasteiger partial charge in [0.05, 0.1) is 25.5 Å². The molecule has 3 rings (SSSR count). The Morgan fingerprint density at radius 1 is 1.04 bits per heavy atom. The molecule has 26 heavy (non-hydrogen) atoms. The van der Waals surface area contributed by atoms with Gasteiger partial charge in [0.1, 0.15) is 11.6 Å². The van der Waals surface area contributed by atoms with Gasteiger partial charge in [0, 0.05) is 10.9 Å². The van der Waals surface area contributed by atoms with Gasteiger partial charge in [-0.1, -0.05) is 29.8 Å². The molecular formula is C20H19NO4S. The monoisotopic (exact) mass is 369 g/mol. The number of hydrogen-bond donors (Lipinski definition) is 0. The van der Waals surface area contributed by atoms with Crippen molar-refractivity contribution < 1.29 is 19.0 Å².